The van der Waals surface area contributed by atoms with Gasteiger partial charge in [0.25, 0.3) is 0 Å². The molecule has 1 heterocycles. The van der Waals surface area contributed by atoms with E-state index in [4.69, 9.17) is 0 Å². The van der Waals surface area contributed by atoms with Crippen LogP contribution in [0.25, 0.3) is 0 Å². The van der Waals surface area contributed by atoms with Crippen molar-refractivity contribution in [2.75, 3.05) is 5.32 Å². The molecule has 96 valence electrons. The number of anilines is 1. The highest BCUT2D eigenvalue weighted by atomic mass is 79.9. The van der Waals surface area contributed by atoms with E-state index >= 15 is 0 Å². The average Bonchev–Trinajstić information content (AvgIpc) is 2.55. The first-order valence-electron chi connectivity index (χ1n) is 5.67. The molecule has 0 unspecified atom stereocenters. The first-order valence-corrected chi connectivity index (χ1v) is 6.46. The number of hydrogen-bond donors (Lipinski definition) is 1. The molecule has 1 N–H and O–H groups in total. The highest BCUT2D eigenvalue weighted by Crippen LogP contribution is 2.22. The summed E-state index contributed by atoms with van der Waals surface area (Å²) < 4.78 is 15.9. The lowest BCUT2D eigenvalue weighted by Crippen LogP contribution is -2.03. The molecule has 2 aromatic rings. The van der Waals surface area contributed by atoms with E-state index < -0.39 is 0 Å². The predicted octanol–water partition coefficient (Wildman–Crippen LogP) is 3.55. The zero-order chi connectivity index (χ0) is 13.3. The lowest BCUT2D eigenvalue weighted by Gasteiger charge is -2.09. The molecule has 5 heteroatoms. The van der Waals surface area contributed by atoms with Crippen molar-refractivity contribution in [1.82, 2.24) is 9.78 Å². The van der Waals surface area contributed by atoms with E-state index in [1.54, 1.807) is 6.07 Å². The van der Waals surface area contributed by atoms with Crippen LogP contribution in [0.1, 0.15) is 17.0 Å². The molecule has 0 aliphatic heterocycles. The number of benzene rings is 1. The standard InChI is InChI=1S/C13H15BrFN3/c1-8-13(9(2)18(3)17-8)16-7-10-6-11(15)4-5-12(10)14/h4-6,16H,7H2,1-3H3. The van der Waals surface area contributed by atoms with Crippen LogP contribution in [0.2, 0.25) is 0 Å². The zero-order valence-corrected chi connectivity index (χ0v) is 12.2. The molecule has 1 aromatic heterocycles. The van der Waals surface area contributed by atoms with Crippen LogP contribution < -0.4 is 5.32 Å². The van der Waals surface area contributed by atoms with E-state index in [-0.39, 0.29) is 5.82 Å². The molecule has 0 bridgehead atoms. The van der Waals surface area contributed by atoms with Gasteiger partial charge in [-0.15, -0.1) is 0 Å². The average molecular weight is 312 g/mol. The third-order valence-electron chi connectivity index (χ3n) is 2.97. The highest BCUT2D eigenvalue weighted by Gasteiger charge is 2.09. The molecule has 0 aliphatic rings. The van der Waals surface area contributed by atoms with E-state index in [1.165, 1.54) is 12.1 Å². The predicted molar refractivity (Wildman–Crippen MR) is 74.1 cm³/mol. The Hall–Kier alpha value is -1.36. The summed E-state index contributed by atoms with van der Waals surface area (Å²) in [5, 5.41) is 7.64. The van der Waals surface area contributed by atoms with Gasteiger partial charge < -0.3 is 5.32 Å². The van der Waals surface area contributed by atoms with Crippen molar-refractivity contribution in [2.45, 2.75) is 20.4 Å². The summed E-state index contributed by atoms with van der Waals surface area (Å²) in [7, 11) is 1.91. The van der Waals surface area contributed by atoms with Crippen LogP contribution in [0, 0.1) is 19.7 Å². The second kappa shape index (κ2) is 5.10. The Balaban J connectivity index is 2.19. The molecular weight excluding hydrogens is 297 g/mol. The summed E-state index contributed by atoms with van der Waals surface area (Å²) in [6.45, 7) is 4.52. The van der Waals surface area contributed by atoms with Gasteiger partial charge in [0.2, 0.25) is 0 Å². The normalized spacial score (nSPS) is 10.7. The van der Waals surface area contributed by atoms with Gasteiger partial charge in [-0.05, 0) is 37.6 Å². The molecule has 0 saturated carbocycles. The Morgan fingerprint density at radius 2 is 2.11 bits per heavy atom. The van der Waals surface area contributed by atoms with Gasteiger partial charge in [-0.2, -0.15) is 5.10 Å². The maximum atomic E-state index is 13.2. The molecule has 0 fully saturated rings. The summed E-state index contributed by atoms with van der Waals surface area (Å²) in [4.78, 5) is 0. The quantitative estimate of drug-likeness (QED) is 0.939. The van der Waals surface area contributed by atoms with E-state index in [0.29, 0.717) is 6.54 Å². The molecular formula is C13H15BrFN3. The van der Waals surface area contributed by atoms with Crippen molar-refractivity contribution >= 4 is 21.6 Å². The van der Waals surface area contributed by atoms with Crippen LogP contribution in [0.15, 0.2) is 22.7 Å². The lowest BCUT2D eigenvalue weighted by atomic mass is 10.2. The molecule has 2 rings (SSSR count). The van der Waals surface area contributed by atoms with Gasteiger partial charge in [-0.25, -0.2) is 4.39 Å². The molecule has 0 radical (unpaired) electrons. The smallest absolute Gasteiger partial charge is 0.123 e. The number of rotatable bonds is 3. The van der Waals surface area contributed by atoms with Gasteiger partial charge in [0, 0.05) is 18.1 Å². The number of hydrogen-bond acceptors (Lipinski definition) is 2. The second-order valence-electron chi connectivity index (χ2n) is 4.26. The number of aryl methyl sites for hydroxylation is 2. The van der Waals surface area contributed by atoms with Crippen molar-refractivity contribution in [2.24, 2.45) is 7.05 Å². The van der Waals surface area contributed by atoms with E-state index in [2.05, 4.69) is 26.3 Å². The van der Waals surface area contributed by atoms with Crippen LogP contribution in [-0.4, -0.2) is 9.78 Å². The molecule has 0 aliphatic carbocycles. The van der Waals surface area contributed by atoms with E-state index in [9.17, 15) is 4.39 Å². The summed E-state index contributed by atoms with van der Waals surface area (Å²) in [6, 6.07) is 4.68. The van der Waals surface area contributed by atoms with Crippen molar-refractivity contribution in [3.63, 3.8) is 0 Å². The fourth-order valence-corrected chi connectivity index (χ4v) is 2.28. The minimum atomic E-state index is -0.227. The van der Waals surface area contributed by atoms with Crippen molar-refractivity contribution < 1.29 is 4.39 Å². The third-order valence-corrected chi connectivity index (χ3v) is 3.75. The minimum Gasteiger partial charge on any atom is -0.378 e. The molecule has 3 nitrogen and oxygen atoms in total. The maximum Gasteiger partial charge on any atom is 0.123 e. The van der Waals surface area contributed by atoms with Gasteiger partial charge >= 0.3 is 0 Å². The molecule has 1 aromatic carbocycles. The van der Waals surface area contributed by atoms with Crippen molar-refractivity contribution in [1.29, 1.82) is 0 Å². The molecule has 0 amide bonds. The maximum absolute atomic E-state index is 13.2. The molecule has 0 atom stereocenters. The Morgan fingerprint density at radius 1 is 1.39 bits per heavy atom. The van der Waals surface area contributed by atoms with Crippen LogP contribution in [0.3, 0.4) is 0 Å². The summed E-state index contributed by atoms with van der Waals surface area (Å²) in [5.41, 5.74) is 3.91. The Labute approximate surface area is 114 Å². The van der Waals surface area contributed by atoms with Gasteiger partial charge in [-0.1, -0.05) is 15.9 Å². The fourth-order valence-electron chi connectivity index (χ4n) is 1.89. The topological polar surface area (TPSA) is 29.9 Å². The minimum absolute atomic E-state index is 0.227. The van der Waals surface area contributed by atoms with Crippen LogP contribution >= 0.6 is 15.9 Å². The first-order chi connectivity index (χ1) is 8.49. The van der Waals surface area contributed by atoms with Crippen molar-refractivity contribution in [3.8, 4) is 0 Å². The van der Waals surface area contributed by atoms with E-state index in [1.807, 2.05) is 25.6 Å². The van der Waals surface area contributed by atoms with Gasteiger partial charge in [0.05, 0.1) is 17.1 Å². The van der Waals surface area contributed by atoms with E-state index in [0.717, 1.165) is 27.1 Å². The van der Waals surface area contributed by atoms with Gasteiger partial charge in [-0.3, -0.25) is 4.68 Å². The molecule has 0 saturated heterocycles. The Bertz CT molecular complexity index is 578. The lowest BCUT2D eigenvalue weighted by molar-refractivity contribution is 0.625. The SMILES string of the molecule is Cc1nn(C)c(C)c1NCc1cc(F)ccc1Br. The third kappa shape index (κ3) is 2.56. The molecule has 0 spiro atoms. The Kier molecular flexibility index (Phi) is 3.71. The zero-order valence-electron chi connectivity index (χ0n) is 10.6. The number of nitrogens with one attached hydrogen (secondary N) is 1. The van der Waals surface area contributed by atoms with Crippen molar-refractivity contribution in [3.05, 3.63) is 45.4 Å². The van der Waals surface area contributed by atoms with Crippen LogP contribution in [0.5, 0.6) is 0 Å². The second-order valence-corrected chi connectivity index (χ2v) is 5.11. The first kappa shape index (κ1) is 13.1. The van der Waals surface area contributed by atoms with Crippen LogP contribution in [-0.2, 0) is 13.6 Å². The van der Waals surface area contributed by atoms with Gasteiger partial charge in [0.1, 0.15) is 5.82 Å². The monoisotopic (exact) mass is 311 g/mol. The van der Waals surface area contributed by atoms with Crippen LogP contribution in [0.4, 0.5) is 10.1 Å². The largest absolute Gasteiger partial charge is 0.378 e. The van der Waals surface area contributed by atoms with Gasteiger partial charge in [0.15, 0.2) is 0 Å². The summed E-state index contributed by atoms with van der Waals surface area (Å²) in [5.74, 6) is -0.227. The number of aromatic nitrogens is 2. The summed E-state index contributed by atoms with van der Waals surface area (Å²) in [6.07, 6.45) is 0. The number of nitrogens with zero attached hydrogens (tertiary/aromatic N) is 2. The fraction of sp³-hybridized carbons (Fsp3) is 0.308. The summed E-state index contributed by atoms with van der Waals surface area (Å²) >= 11 is 3.42. The number of halogens is 2. The Morgan fingerprint density at radius 3 is 2.72 bits per heavy atom. The highest BCUT2D eigenvalue weighted by molar-refractivity contribution is 9.10. The molecule has 18 heavy (non-hydrogen) atoms.